The molecule has 1 aromatic heterocycles. The first-order valence-corrected chi connectivity index (χ1v) is 19.8. The minimum absolute atomic E-state index is 0.103. The van der Waals surface area contributed by atoms with E-state index in [0.29, 0.717) is 51.4 Å². The first-order valence-electron chi connectivity index (χ1n) is 17.9. The van der Waals surface area contributed by atoms with Gasteiger partial charge in [-0.15, -0.1) is 0 Å². The summed E-state index contributed by atoms with van der Waals surface area (Å²) in [5, 5.41) is 30.7. The second-order valence-corrected chi connectivity index (χ2v) is 16.4. The number of carbonyl (C=O) groups excluding carboxylic acids is 2. The van der Waals surface area contributed by atoms with E-state index in [9.17, 15) is 28.2 Å². The van der Waals surface area contributed by atoms with Crippen LogP contribution in [0.5, 0.6) is 0 Å². The Morgan fingerprint density at radius 2 is 1.74 bits per heavy atom. The number of aromatic nitrogens is 2. The zero-order valence-electron chi connectivity index (χ0n) is 29.2. The number of amides is 2. The van der Waals surface area contributed by atoms with Crippen molar-refractivity contribution < 1.29 is 33.0 Å². The number of aliphatic hydroxyl groups is 2. The van der Waals surface area contributed by atoms with Gasteiger partial charge in [-0.05, 0) is 35.6 Å². The van der Waals surface area contributed by atoms with Gasteiger partial charge in [0.25, 0.3) is 0 Å². The predicted molar refractivity (Wildman–Crippen MR) is 192 cm³/mol. The van der Waals surface area contributed by atoms with Gasteiger partial charge in [-0.3, -0.25) is 14.5 Å². The SMILES string of the molecule is CCS(=O)(=O)C[C@@H](Cc1cccc2ccccc12)C(=O)N[C@@H](Cc1cnc[nH]1)C(=O)NC1([C@H](C)[C@@H](O)[C@@H](O)CN2CCOCC2)CCCCC1. The lowest BCUT2D eigenvalue weighted by Crippen LogP contribution is -2.63. The molecular weight excluding hydrogens is 659 g/mol. The third kappa shape index (κ3) is 9.70. The fourth-order valence-electron chi connectivity index (χ4n) is 7.53. The molecule has 5 N–H and O–H groups in total. The van der Waals surface area contributed by atoms with Crippen molar-refractivity contribution in [1.29, 1.82) is 0 Å². The van der Waals surface area contributed by atoms with E-state index >= 15 is 0 Å². The van der Waals surface area contributed by atoms with E-state index in [1.165, 1.54) is 6.33 Å². The molecule has 2 aliphatic rings. The second kappa shape index (κ2) is 17.2. The van der Waals surface area contributed by atoms with Crippen molar-refractivity contribution in [2.24, 2.45) is 11.8 Å². The van der Waals surface area contributed by atoms with Crippen LogP contribution in [0.1, 0.15) is 57.2 Å². The minimum atomic E-state index is -3.55. The number of hydrogen-bond acceptors (Lipinski definition) is 9. The number of nitrogens with one attached hydrogen (secondary N) is 3. The molecule has 5 rings (SSSR count). The Morgan fingerprint density at radius 3 is 2.44 bits per heavy atom. The molecule has 3 aromatic rings. The number of ether oxygens (including phenoxy) is 1. The number of aromatic amines is 1. The number of carbonyl (C=O) groups is 2. The van der Waals surface area contributed by atoms with Gasteiger partial charge in [-0.2, -0.15) is 0 Å². The number of imidazole rings is 1. The topological polar surface area (TPSA) is 174 Å². The molecule has 13 heteroatoms. The van der Waals surface area contributed by atoms with E-state index in [1.54, 1.807) is 13.1 Å². The first kappa shape index (κ1) is 37.9. The summed E-state index contributed by atoms with van der Waals surface area (Å²) in [5.41, 5.74) is 0.665. The fourth-order valence-corrected chi connectivity index (χ4v) is 8.65. The van der Waals surface area contributed by atoms with Crippen LogP contribution in [0.4, 0.5) is 0 Å². The van der Waals surface area contributed by atoms with Crippen LogP contribution in [0.3, 0.4) is 0 Å². The second-order valence-electron chi connectivity index (χ2n) is 14.0. The summed E-state index contributed by atoms with van der Waals surface area (Å²) in [5.74, 6) is -2.85. The van der Waals surface area contributed by atoms with Gasteiger partial charge in [-0.1, -0.05) is 75.6 Å². The Hall–Kier alpha value is -3.36. The molecule has 1 aliphatic heterocycles. The molecule has 2 amide bonds. The van der Waals surface area contributed by atoms with Crippen molar-refractivity contribution in [3.05, 3.63) is 66.2 Å². The highest BCUT2D eigenvalue weighted by molar-refractivity contribution is 7.91. The van der Waals surface area contributed by atoms with Gasteiger partial charge in [-0.25, -0.2) is 13.4 Å². The number of hydrogen-bond donors (Lipinski definition) is 5. The van der Waals surface area contributed by atoms with Crippen LogP contribution >= 0.6 is 0 Å². The Balaban J connectivity index is 1.38. The van der Waals surface area contributed by atoms with Crippen LogP contribution in [-0.4, -0.2) is 113 Å². The summed E-state index contributed by atoms with van der Waals surface area (Å²) in [7, 11) is -3.55. The molecule has 1 aliphatic carbocycles. The van der Waals surface area contributed by atoms with Crippen LogP contribution in [0.15, 0.2) is 55.0 Å². The molecule has 2 fully saturated rings. The van der Waals surface area contributed by atoms with Crippen molar-refractivity contribution in [2.45, 2.75) is 82.6 Å². The summed E-state index contributed by atoms with van der Waals surface area (Å²) in [6, 6.07) is 12.5. The van der Waals surface area contributed by atoms with Gasteiger partial charge in [0.15, 0.2) is 9.84 Å². The zero-order valence-corrected chi connectivity index (χ0v) is 30.0. The lowest BCUT2D eigenvalue weighted by atomic mass is 9.70. The average Bonchev–Trinajstić information content (AvgIpc) is 3.64. The monoisotopic (exact) mass is 711 g/mol. The van der Waals surface area contributed by atoms with Crippen LogP contribution in [0.2, 0.25) is 0 Å². The molecule has 0 unspecified atom stereocenters. The summed E-state index contributed by atoms with van der Waals surface area (Å²) < 4.78 is 31.3. The number of rotatable bonds is 16. The molecule has 5 atom stereocenters. The summed E-state index contributed by atoms with van der Waals surface area (Å²) in [4.78, 5) is 37.7. The highest BCUT2D eigenvalue weighted by Crippen LogP contribution is 2.37. The maximum Gasteiger partial charge on any atom is 0.243 e. The highest BCUT2D eigenvalue weighted by Gasteiger charge is 2.45. The van der Waals surface area contributed by atoms with E-state index < -0.39 is 57.3 Å². The molecule has 2 heterocycles. The van der Waals surface area contributed by atoms with E-state index in [2.05, 4.69) is 25.5 Å². The highest BCUT2D eigenvalue weighted by atomic mass is 32.2. The molecule has 1 saturated carbocycles. The Morgan fingerprint density at radius 1 is 1.02 bits per heavy atom. The van der Waals surface area contributed by atoms with Crippen molar-refractivity contribution in [3.63, 3.8) is 0 Å². The summed E-state index contributed by atoms with van der Waals surface area (Å²) in [6.45, 7) is 6.25. The Bertz CT molecular complexity index is 1650. The molecule has 0 spiro atoms. The van der Waals surface area contributed by atoms with Crippen LogP contribution in [-0.2, 0) is 37.0 Å². The van der Waals surface area contributed by atoms with E-state index in [0.717, 1.165) is 35.6 Å². The zero-order chi connectivity index (χ0) is 35.7. The standard InChI is InChI=1S/C37H53N5O7S/c1-3-50(47,48)24-29(20-28-12-9-11-27-10-5-6-13-31(27)28)35(45)40-32(21-30-22-38-25-39-30)36(46)41-37(14-7-4-8-15-37)26(2)34(44)33(43)23-42-16-18-49-19-17-42/h5-6,9-13,22,25-26,29,32-34,43-44H,3-4,7-8,14-21,23-24H2,1-2H3,(H,38,39)(H,40,45)(H,41,46)/t26-,29-,32+,33+,34-/m1/s1. The number of sulfone groups is 1. The first-order chi connectivity index (χ1) is 24.0. The normalized spacial score (nSPS) is 20.0. The molecule has 2 aromatic carbocycles. The lowest BCUT2D eigenvalue weighted by Gasteiger charge is -2.46. The predicted octanol–water partition coefficient (Wildman–Crippen LogP) is 2.39. The van der Waals surface area contributed by atoms with Crippen LogP contribution < -0.4 is 10.6 Å². The number of fused-ring (bicyclic) bond motifs is 1. The minimum Gasteiger partial charge on any atom is -0.390 e. The average molecular weight is 712 g/mol. The lowest BCUT2D eigenvalue weighted by molar-refractivity contribution is -0.133. The van der Waals surface area contributed by atoms with Crippen molar-refractivity contribution in [2.75, 3.05) is 44.4 Å². The quantitative estimate of drug-likeness (QED) is 0.150. The van der Waals surface area contributed by atoms with Crippen LogP contribution in [0.25, 0.3) is 10.8 Å². The molecule has 274 valence electrons. The number of β-amino-alcohol motifs (C(OH)–C–C–N with tert-alkyl or cyclic N) is 1. The Kier molecular flexibility index (Phi) is 13.1. The van der Waals surface area contributed by atoms with Gasteiger partial charge in [0.1, 0.15) is 6.04 Å². The van der Waals surface area contributed by atoms with Gasteiger partial charge in [0.05, 0.1) is 43.4 Å². The van der Waals surface area contributed by atoms with Crippen molar-refractivity contribution >= 4 is 32.4 Å². The Labute approximate surface area is 295 Å². The third-order valence-corrected chi connectivity index (χ3v) is 12.5. The van der Waals surface area contributed by atoms with E-state index in [4.69, 9.17) is 4.74 Å². The smallest absolute Gasteiger partial charge is 0.243 e. The molecule has 1 saturated heterocycles. The number of nitrogens with zero attached hydrogens (tertiary/aromatic N) is 2. The largest absolute Gasteiger partial charge is 0.390 e. The molecule has 50 heavy (non-hydrogen) atoms. The molecule has 0 bridgehead atoms. The van der Waals surface area contributed by atoms with Gasteiger partial charge in [0, 0.05) is 55.2 Å². The molecule has 0 radical (unpaired) electrons. The van der Waals surface area contributed by atoms with Gasteiger partial charge in [0.2, 0.25) is 11.8 Å². The number of benzene rings is 2. The van der Waals surface area contributed by atoms with Gasteiger partial charge >= 0.3 is 0 Å². The van der Waals surface area contributed by atoms with Crippen LogP contribution in [0, 0.1) is 11.8 Å². The maximum absolute atomic E-state index is 14.3. The van der Waals surface area contributed by atoms with Gasteiger partial charge < -0.3 is 30.6 Å². The maximum atomic E-state index is 14.3. The van der Waals surface area contributed by atoms with E-state index in [-0.39, 0.29) is 24.3 Å². The van der Waals surface area contributed by atoms with Crippen molar-refractivity contribution in [3.8, 4) is 0 Å². The number of morpholine rings is 1. The fraction of sp³-hybridized carbons (Fsp3) is 0.595. The number of aliphatic hydroxyl groups excluding tert-OH is 2. The third-order valence-electron chi connectivity index (χ3n) is 10.7. The molecular formula is C37H53N5O7S. The van der Waals surface area contributed by atoms with Crippen molar-refractivity contribution in [1.82, 2.24) is 25.5 Å². The summed E-state index contributed by atoms with van der Waals surface area (Å²) in [6.07, 6.45) is 5.17. The van der Waals surface area contributed by atoms with E-state index in [1.807, 2.05) is 49.4 Å². The summed E-state index contributed by atoms with van der Waals surface area (Å²) >= 11 is 0. The molecule has 12 nitrogen and oxygen atoms in total. The number of H-pyrrole nitrogens is 1.